The Hall–Kier alpha value is 0.100. The molecule has 0 aliphatic carbocycles. The number of nitrogens with one attached hydrogen (secondary N) is 1. The van der Waals surface area contributed by atoms with Crippen molar-refractivity contribution in [2.75, 3.05) is 12.3 Å². The molecule has 12 heavy (non-hydrogen) atoms. The van der Waals surface area contributed by atoms with Gasteiger partial charge < -0.3 is 5.32 Å². The number of hydrogen-bond donors (Lipinski definition) is 1. The van der Waals surface area contributed by atoms with E-state index in [4.69, 9.17) is 0 Å². The van der Waals surface area contributed by atoms with Crippen LogP contribution in [0.5, 0.6) is 0 Å². The Morgan fingerprint density at radius 2 is 2.00 bits per heavy atom. The highest BCUT2D eigenvalue weighted by Gasteiger charge is 2.27. The molecular weight excluding hydrogens is 187 g/mol. The minimum absolute atomic E-state index is 0.0478. The van der Waals surface area contributed by atoms with Crippen LogP contribution in [0.1, 0.15) is 20.3 Å². The normalized spacial score (nSPS) is 14.8. The predicted octanol–water partition coefficient (Wildman–Crippen LogP) is 2.63. The summed E-state index contributed by atoms with van der Waals surface area (Å²) in [5.41, 5.74) is -4.08. The highest BCUT2D eigenvalue weighted by molar-refractivity contribution is 8.00. The van der Waals surface area contributed by atoms with E-state index in [0.29, 0.717) is 6.42 Å². The summed E-state index contributed by atoms with van der Waals surface area (Å²) >= 11 is 0.0478. The molecule has 0 aromatic carbocycles. The third-order valence-electron chi connectivity index (χ3n) is 1.37. The highest BCUT2D eigenvalue weighted by Crippen LogP contribution is 2.30. The number of halogens is 3. The summed E-state index contributed by atoms with van der Waals surface area (Å²) in [4.78, 5) is 0. The van der Waals surface area contributed by atoms with Gasteiger partial charge in [0.2, 0.25) is 0 Å². The summed E-state index contributed by atoms with van der Waals surface area (Å²) in [6.07, 6.45) is 0.554. The quantitative estimate of drug-likeness (QED) is 0.733. The maximum atomic E-state index is 11.6. The van der Waals surface area contributed by atoms with Crippen LogP contribution in [-0.2, 0) is 0 Å². The maximum absolute atomic E-state index is 11.6. The highest BCUT2D eigenvalue weighted by atomic mass is 32.2. The van der Waals surface area contributed by atoms with Gasteiger partial charge in [-0.25, -0.2) is 0 Å². The van der Waals surface area contributed by atoms with Crippen LogP contribution >= 0.6 is 11.8 Å². The van der Waals surface area contributed by atoms with E-state index in [2.05, 4.69) is 5.32 Å². The summed E-state index contributed by atoms with van der Waals surface area (Å²) < 4.78 is 34.9. The maximum Gasteiger partial charge on any atom is 0.441 e. The lowest BCUT2D eigenvalue weighted by atomic mass is 10.3. The predicted molar refractivity (Wildman–Crippen MR) is 46.3 cm³/mol. The zero-order valence-corrected chi connectivity index (χ0v) is 8.06. The van der Waals surface area contributed by atoms with Gasteiger partial charge in [-0.3, -0.25) is 0 Å². The summed E-state index contributed by atoms with van der Waals surface area (Å²) in [5, 5.41) is 3.05. The zero-order chi connectivity index (χ0) is 9.61. The number of alkyl halides is 3. The van der Waals surface area contributed by atoms with Crippen molar-refractivity contribution in [1.82, 2.24) is 5.32 Å². The second kappa shape index (κ2) is 5.70. The fourth-order valence-corrected chi connectivity index (χ4v) is 1.50. The van der Waals surface area contributed by atoms with Crippen molar-refractivity contribution in [3.8, 4) is 0 Å². The van der Waals surface area contributed by atoms with E-state index in [0.717, 1.165) is 6.54 Å². The summed E-state index contributed by atoms with van der Waals surface area (Å²) in [7, 11) is 0. The van der Waals surface area contributed by atoms with E-state index >= 15 is 0 Å². The lowest BCUT2D eigenvalue weighted by Gasteiger charge is -2.12. The zero-order valence-electron chi connectivity index (χ0n) is 7.24. The molecule has 0 saturated heterocycles. The molecule has 1 N–H and O–H groups in total. The van der Waals surface area contributed by atoms with Gasteiger partial charge >= 0.3 is 5.51 Å². The smallest absolute Gasteiger partial charge is 0.315 e. The molecule has 0 saturated carbocycles. The average Bonchev–Trinajstić information content (AvgIpc) is 1.84. The summed E-state index contributed by atoms with van der Waals surface area (Å²) in [5.74, 6) is 0.137. The molecule has 0 aliphatic heterocycles. The molecule has 0 heterocycles. The van der Waals surface area contributed by atoms with Gasteiger partial charge in [-0.15, -0.1) is 0 Å². The van der Waals surface area contributed by atoms with Crippen molar-refractivity contribution >= 4 is 11.8 Å². The molecule has 0 radical (unpaired) electrons. The summed E-state index contributed by atoms with van der Waals surface area (Å²) in [6, 6.07) is 0.171. The second-order valence-electron chi connectivity index (χ2n) is 2.54. The third kappa shape index (κ3) is 8.20. The molecule has 5 heteroatoms. The SMILES string of the molecule is CCNC(C)CCSC(F)(F)F. The van der Waals surface area contributed by atoms with Crippen molar-refractivity contribution in [2.24, 2.45) is 0 Å². The first-order valence-electron chi connectivity index (χ1n) is 3.89. The largest absolute Gasteiger partial charge is 0.441 e. The van der Waals surface area contributed by atoms with Crippen molar-refractivity contribution in [3.63, 3.8) is 0 Å². The third-order valence-corrected chi connectivity index (χ3v) is 2.14. The van der Waals surface area contributed by atoms with Crippen LogP contribution in [0, 0.1) is 0 Å². The van der Waals surface area contributed by atoms with E-state index < -0.39 is 5.51 Å². The van der Waals surface area contributed by atoms with Crippen molar-refractivity contribution in [1.29, 1.82) is 0 Å². The van der Waals surface area contributed by atoms with E-state index in [9.17, 15) is 13.2 Å². The van der Waals surface area contributed by atoms with Crippen LogP contribution in [0.2, 0.25) is 0 Å². The fraction of sp³-hybridized carbons (Fsp3) is 1.00. The molecule has 1 unspecified atom stereocenters. The van der Waals surface area contributed by atoms with Gasteiger partial charge in [-0.05, 0) is 19.9 Å². The molecular formula is C7H14F3NS. The van der Waals surface area contributed by atoms with Gasteiger partial charge in [0.1, 0.15) is 0 Å². The molecule has 0 aliphatic rings. The lowest BCUT2D eigenvalue weighted by molar-refractivity contribution is -0.0328. The van der Waals surface area contributed by atoms with Gasteiger partial charge in [0.15, 0.2) is 0 Å². The second-order valence-corrected chi connectivity index (χ2v) is 3.70. The first-order valence-corrected chi connectivity index (χ1v) is 4.88. The van der Waals surface area contributed by atoms with E-state index in [1.54, 1.807) is 0 Å². The molecule has 0 spiro atoms. The van der Waals surface area contributed by atoms with Gasteiger partial charge in [0.25, 0.3) is 0 Å². The minimum Gasteiger partial charge on any atom is -0.315 e. The first kappa shape index (κ1) is 12.1. The van der Waals surface area contributed by atoms with E-state index in [-0.39, 0.29) is 23.6 Å². The number of rotatable bonds is 5. The Kier molecular flexibility index (Phi) is 5.74. The number of hydrogen-bond acceptors (Lipinski definition) is 2. The van der Waals surface area contributed by atoms with Gasteiger partial charge in [0, 0.05) is 11.8 Å². The Bertz CT molecular complexity index is 116. The van der Waals surface area contributed by atoms with Crippen LogP contribution in [0.4, 0.5) is 13.2 Å². The summed E-state index contributed by atoms with van der Waals surface area (Å²) in [6.45, 7) is 4.63. The van der Waals surface area contributed by atoms with Crippen LogP contribution in [0.3, 0.4) is 0 Å². The average molecular weight is 201 g/mol. The molecule has 0 bridgehead atoms. The molecule has 1 atom stereocenters. The van der Waals surface area contributed by atoms with E-state index in [1.807, 2.05) is 13.8 Å². The van der Waals surface area contributed by atoms with Crippen LogP contribution in [0.25, 0.3) is 0 Å². The van der Waals surface area contributed by atoms with Crippen molar-refractivity contribution < 1.29 is 13.2 Å². The molecule has 0 rings (SSSR count). The van der Waals surface area contributed by atoms with Gasteiger partial charge in [0.05, 0.1) is 0 Å². The van der Waals surface area contributed by atoms with Gasteiger partial charge in [-0.1, -0.05) is 18.7 Å². The molecule has 1 nitrogen and oxygen atoms in total. The first-order chi connectivity index (χ1) is 5.45. The standard InChI is InChI=1S/C7H14F3NS/c1-3-11-6(2)4-5-12-7(8,9)10/h6,11H,3-5H2,1-2H3. The molecule has 0 amide bonds. The Morgan fingerprint density at radius 3 is 2.42 bits per heavy atom. The molecule has 0 fully saturated rings. The van der Waals surface area contributed by atoms with Gasteiger partial charge in [-0.2, -0.15) is 13.2 Å². The fourth-order valence-electron chi connectivity index (χ4n) is 0.802. The molecule has 0 aromatic heterocycles. The Balaban J connectivity index is 3.31. The van der Waals surface area contributed by atoms with Crippen LogP contribution < -0.4 is 5.32 Å². The van der Waals surface area contributed by atoms with Crippen molar-refractivity contribution in [3.05, 3.63) is 0 Å². The molecule has 74 valence electrons. The Labute approximate surface area is 75.1 Å². The monoisotopic (exact) mass is 201 g/mol. The lowest BCUT2D eigenvalue weighted by Crippen LogP contribution is -2.26. The van der Waals surface area contributed by atoms with Crippen LogP contribution in [0.15, 0.2) is 0 Å². The topological polar surface area (TPSA) is 12.0 Å². The molecule has 0 aromatic rings. The van der Waals surface area contributed by atoms with Crippen LogP contribution in [-0.4, -0.2) is 23.8 Å². The minimum atomic E-state index is -4.08. The van der Waals surface area contributed by atoms with E-state index in [1.165, 1.54) is 0 Å². The Morgan fingerprint density at radius 1 is 1.42 bits per heavy atom. The number of thioether (sulfide) groups is 1. The van der Waals surface area contributed by atoms with Crippen molar-refractivity contribution in [2.45, 2.75) is 31.8 Å².